The van der Waals surface area contributed by atoms with Gasteiger partial charge in [0.2, 0.25) is 5.91 Å². The molecule has 3 aromatic rings. The average Bonchev–Trinajstić information content (AvgIpc) is 3.15. The molecule has 1 fully saturated rings. The zero-order valence-corrected chi connectivity index (χ0v) is 13.6. The van der Waals surface area contributed by atoms with E-state index in [0.29, 0.717) is 5.65 Å². The number of H-pyrrole nitrogens is 1. The Morgan fingerprint density at radius 3 is 3.00 bits per heavy atom. The van der Waals surface area contributed by atoms with E-state index in [4.69, 9.17) is 5.26 Å². The van der Waals surface area contributed by atoms with Gasteiger partial charge in [0, 0.05) is 30.6 Å². The minimum atomic E-state index is -0.0478. The Bertz CT molecular complexity index is 966. The molecule has 1 amide bonds. The van der Waals surface area contributed by atoms with Crippen LogP contribution >= 0.6 is 0 Å². The average molecular weight is 335 g/mol. The van der Waals surface area contributed by atoms with Crippen LogP contribution in [-0.2, 0) is 4.79 Å². The van der Waals surface area contributed by atoms with Crippen LogP contribution in [0.5, 0.6) is 0 Å². The zero-order chi connectivity index (χ0) is 17.2. The first-order valence-electron chi connectivity index (χ1n) is 8.24. The summed E-state index contributed by atoms with van der Waals surface area (Å²) < 4.78 is 0. The largest absolute Gasteiger partial charge is 0.356 e. The van der Waals surface area contributed by atoms with Gasteiger partial charge in [0.25, 0.3) is 0 Å². The molecule has 25 heavy (non-hydrogen) atoms. The number of carbonyl (C=O) groups excluding carboxylic acids is 1. The number of pyridine rings is 1. The molecule has 8 nitrogen and oxygen atoms in total. The lowest BCUT2D eigenvalue weighted by atomic mass is 9.95. The maximum Gasteiger partial charge on any atom is 0.224 e. The molecule has 126 valence electrons. The molecule has 0 bridgehead atoms. The van der Waals surface area contributed by atoms with Crippen LogP contribution in [0.25, 0.3) is 21.9 Å². The van der Waals surface area contributed by atoms with Gasteiger partial charge in [0.05, 0.1) is 29.5 Å². The molecule has 0 atom stereocenters. The molecular weight excluding hydrogens is 318 g/mol. The maximum atomic E-state index is 12.0. The topological polar surface area (TPSA) is 111 Å². The number of anilines is 1. The predicted molar refractivity (Wildman–Crippen MR) is 92.7 cm³/mol. The van der Waals surface area contributed by atoms with Crippen molar-refractivity contribution in [3.63, 3.8) is 0 Å². The molecule has 2 N–H and O–H groups in total. The SMILES string of the molecule is N#CCNC(=O)C1CCN(c2nc[nH]c3cnc4nccc4c23)CC1. The maximum absolute atomic E-state index is 12.0. The number of fused-ring (bicyclic) bond motifs is 3. The van der Waals surface area contributed by atoms with E-state index in [1.54, 1.807) is 18.7 Å². The van der Waals surface area contributed by atoms with Crippen molar-refractivity contribution in [3.05, 3.63) is 24.8 Å². The Balaban J connectivity index is 1.60. The van der Waals surface area contributed by atoms with E-state index >= 15 is 0 Å². The number of aromatic nitrogens is 4. The standard InChI is InChI=1S/C17H17N7O/c18-4-6-20-17(25)11-2-7-24(8-3-11)16-14-12-1-5-19-15(12)21-9-13(14)22-10-23-16/h1,5,9-11H,2-3,6-8H2,(H,20,25)(H,22,23). The van der Waals surface area contributed by atoms with E-state index in [0.717, 1.165) is 48.0 Å². The van der Waals surface area contributed by atoms with E-state index in [9.17, 15) is 4.79 Å². The van der Waals surface area contributed by atoms with Crippen molar-refractivity contribution in [2.75, 3.05) is 24.5 Å². The first-order chi connectivity index (χ1) is 12.3. The van der Waals surface area contributed by atoms with Crippen molar-refractivity contribution in [1.82, 2.24) is 25.3 Å². The number of hydrogen-bond donors (Lipinski definition) is 2. The summed E-state index contributed by atoms with van der Waals surface area (Å²) >= 11 is 0. The fourth-order valence-electron chi connectivity index (χ4n) is 3.40. The van der Waals surface area contributed by atoms with Crippen molar-refractivity contribution in [3.8, 4) is 6.07 Å². The first kappa shape index (κ1) is 15.3. The fraction of sp³-hybridized carbons (Fsp3) is 0.353. The summed E-state index contributed by atoms with van der Waals surface area (Å²) in [6, 6.07) is 3.89. The summed E-state index contributed by atoms with van der Waals surface area (Å²) in [5.74, 6) is 0.811. The van der Waals surface area contributed by atoms with Gasteiger partial charge in [-0.1, -0.05) is 0 Å². The van der Waals surface area contributed by atoms with Crippen LogP contribution in [0.1, 0.15) is 12.8 Å². The van der Waals surface area contributed by atoms with Crippen molar-refractivity contribution < 1.29 is 4.79 Å². The van der Waals surface area contributed by atoms with Gasteiger partial charge in [0.15, 0.2) is 5.65 Å². The third kappa shape index (κ3) is 2.74. The summed E-state index contributed by atoms with van der Waals surface area (Å²) in [5.41, 5.74) is 1.63. The highest BCUT2D eigenvalue weighted by atomic mass is 16.1. The van der Waals surface area contributed by atoms with Gasteiger partial charge in [-0.05, 0) is 18.9 Å². The Labute approximate surface area is 143 Å². The molecule has 4 rings (SSSR count). The number of nitriles is 1. The predicted octanol–water partition coefficient (Wildman–Crippen LogP) is 1.36. The lowest BCUT2D eigenvalue weighted by Crippen LogP contribution is -2.41. The molecule has 0 unspecified atom stereocenters. The van der Waals surface area contributed by atoms with E-state index in [1.165, 1.54) is 0 Å². The summed E-state index contributed by atoms with van der Waals surface area (Å²) in [6.07, 6.45) is 6.68. The van der Waals surface area contributed by atoms with E-state index in [1.807, 2.05) is 12.1 Å². The molecule has 0 aromatic carbocycles. The van der Waals surface area contributed by atoms with Gasteiger partial charge in [-0.15, -0.1) is 0 Å². The van der Waals surface area contributed by atoms with Crippen LogP contribution in [-0.4, -0.2) is 45.5 Å². The van der Waals surface area contributed by atoms with E-state index in [2.05, 4.69) is 30.2 Å². The summed E-state index contributed by atoms with van der Waals surface area (Å²) in [6.45, 7) is 1.55. The molecule has 0 saturated carbocycles. The second kappa shape index (κ2) is 6.36. The highest BCUT2D eigenvalue weighted by Crippen LogP contribution is 2.31. The molecule has 1 aliphatic rings. The molecule has 8 heteroatoms. The Kier molecular flexibility index (Phi) is 3.90. The van der Waals surface area contributed by atoms with Gasteiger partial charge in [-0.2, -0.15) is 5.26 Å². The number of piperidine rings is 1. The Hall–Kier alpha value is -3.21. The molecule has 0 spiro atoms. The number of rotatable bonds is 3. The normalized spacial score (nSPS) is 15.4. The summed E-state index contributed by atoms with van der Waals surface area (Å²) in [4.78, 5) is 30.6. The van der Waals surface area contributed by atoms with Gasteiger partial charge in [-0.25, -0.2) is 15.0 Å². The van der Waals surface area contributed by atoms with Crippen LogP contribution in [0.4, 0.5) is 5.82 Å². The van der Waals surface area contributed by atoms with E-state index in [-0.39, 0.29) is 18.4 Å². The van der Waals surface area contributed by atoms with Crippen LogP contribution in [0.3, 0.4) is 0 Å². The second-order valence-electron chi connectivity index (χ2n) is 6.09. The minimum absolute atomic E-state index is 0.0350. The number of carbonyl (C=O) groups is 1. The van der Waals surface area contributed by atoms with Crippen LogP contribution in [0, 0.1) is 17.2 Å². The van der Waals surface area contributed by atoms with Crippen molar-refractivity contribution >= 4 is 33.7 Å². The molecule has 0 aliphatic carbocycles. The quantitative estimate of drug-likeness (QED) is 0.699. The monoisotopic (exact) mass is 335 g/mol. The number of nitrogens with one attached hydrogen (secondary N) is 2. The highest BCUT2D eigenvalue weighted by Gasteiger charge is 2.26. The molecule has 1 aliphatic heterocycles. The first-order valence-corrected chi connectivity index (χ1v) is 8.24. The van der Waals surface area contributed by atoms with Gasteiger partial charge < -0.3 is 15.2 Å². The number of aromatic amines is 1. The van der Waals surface area contributed by atoms with Gasteiger partial charge >= 0.3 is 0 Å². The third-order valence-electron chi connectivity index (χ3n) is 4.67. The van der Waals surface area contributed by atoms with Gasteiger partial charge in [0.1, 0.15) is 12.4 Å². The van der Waals surface area contributed by atoms with Crippen molar-refractivity contribution in [2.24, 2.45) is 5.92 Å². The second-order valence-corrected chi connectivity index (χ2v) is 6.09. The zero-order valence-electron chi connectivity index (χ0n) is 13.6. The molecule has 0 radical (unpaired) electrons. The fourth-order valence-corrected chi connectivity index (χ4v) is 3.40. The molecular formula is C17H17N7O. The molecule has 1 saturated heterocycles. The molecule has 3 aromatic heterocycles. The lowest BCUT2D eigenvalue weighted by Gasteiger charge is -2.32. The highest BCUT2D eigenvalue weighted by molar-refractivity contribution is 6.08. The van der Waals surface area contributed by atoms with Crippen molar-refractivity contribution in [2.45, 2.75) is 12.8 Å². The van der Waals surface area contributed by atoms with Gasteiger partial charge in [-0.3, -0.25) is 4.79 Å². The summed E-state index contributed by atoms with van der Waals surface area (Å²) in [5, 5.41) is 13.2. The van der Waals surface area contributed by atoms with Crippen LogP contribution < -0.4 is 10.2 Å². The minimum Gasteiger partial charge on any atom is -0.356 e. The lowest BCUT2D eigenvalue weighted by molar-refractivity contribution is -0.125. The summed E-state index contributed by atoms with van der Waals surface area (Å²) in [7, 11) is 0. The Morgan fingerprint density at radius 1 is 1.36 bits per heavy atom. The van der Waals surface area contributed by atoms with Crippen molar-refractivity contribution in [1.29, 1.82) is 5.26 Å². The third-order valence-corrected chi connectivity index (χ3v) is 4.67. The number of hydrogen-bond acceptors (Lipinski definition) is 6. The van der Waals surface area contributed by atoms with Crippen LogP contribution in [0.2, 0.25) is 0 Å². The van der Waals surface area contributed by atoms with E-state index < -0.39 is 0 Å². The van der Waals surface area contributed by atoms with Crippen LogP contribution in [0.15, 0.2) is 24.8 Å². The Morgan fingerprint density at radius 2 is 2.20 bits per heavy atom. The molecule has 4 heterocycles. The smallest absolute Gasteiger partial charge is 0.224 e. The number of nitrogens with zero attached hydrogens (tertiary/aromatic N) is 5. The number of amides is 1.